The van der Waals surface area contributed by atoms with Crippen LogP contribution >= 0.6 is 23.4 Å². The van der Waals surface area contributed by atoms with Gasteiger partial charge in [0, 0.05) is 17.9 Å². The van der Waals surface area contributed by atoms with E-state index in [9.17, 15) is 14.4 Å². The molecular formula is C25H22ClN3O3S. The van der Waals surface area contributed by atoms with E-state index in [1.165, 1.54) is 5.56 Å². The molecule has 0 bridgehead atoms. The highest BCUT2D eigenvalue weighted by atomic mass is 35.5. The number of aromatic nitrogens is 1. The van der Waals surface area contributed by atoms with Crippen molar-refractivity contribution in [2.24, 2.45) is 0 Å². The Balaban J connectivity index is 1.49. The number of halogens is 1. The summed E-state index contributed by atoms with van der Waals surface area (Å²) in [5, 5.41) is 2.54. The fraction of sp³-hybridized carbons (Fsp3) is 0.160. The lowest BCUT2D eigenvalue weighted by Gasteiger charge is -2.13. The van der Waals surface area contributed by atoms with Gasteiger partial charge < -0.3 is 9.88 Å². The normalized spacial score (nSPS) is 14.9. The Hall–Kier alpha value is -3.29. The number of hydrogen-bond acceptors (Lipinski definition) is 4. The van der Waals surface area contributed by atoms with Crippen LogP contribution in [-0.2, 0) is 16.1 Å². The number of imide groups is 1. The lowest BCUT2D eigenvalue weighted by molar-refractivity contribution is -0.127. The third-order valence-corrected chi connectivity index (χ3v) is 6.64. The average molecular weight is 480 g/mol. The summed E-state index contributed by atoms with van der Waals surface area (Å²) in [7, 11) is 0. The second-order valence-corrected chi connectivity index (χ2v) is 9.09. The van der Waals surface area contributed by atoms with Gasteiger partial charge in [-0.05, 0) is 61.0 Å². The van der Waals surface area contributed by atoms with Crippen LogP contribution in [0.5, 0.6) is 0 Å². The van der Waals surface area contributed by atoms with Crippen LogP contribution in [-0.4, -0.2) is 33.1 Å². The molecule has 0 unspecified atom stereocenters. The maximum absolute atomic E-state index is 12.9. The second-order valence-electron chi connectivity index (χ2n) is 7.69. The van der Waals surface area contributed by atoms with Crippen LogP contribution in [0.1, 0.15) is 22.5 Å². The molecule has 3 amide bonds. The maximum Gasteiger partial charge on any atom is 0.294 e. The topological polar surface area (TPSA) is 71.4 Å². The fourth-order valence-corrected chi connectivity index (χ4v) is 4.67. The molecule has 1 N–H and O–H groups in total. The van der Waals surface area contributed by atoms with Crippen molar-refractivity contribution in [3.8, 4) is 0 Å². The first-order chi connectivity index (χ1) is 15.8. The zero-order valence-electron chi connectivity index (χ0n) is 18.2. The van der Waals surface area contributed by atoms with E-state index in [0.29, 0.717) is 15.6 Å². The van der Waals surface area contributed by atoms with Gasteiger partial charge in [0.2, 0.25) is 5.91 Å². The van der Waals surface area contributed by atoms with Gasteiger partial charge in [-0.15, -0.1) is 0 Å². The quantitative estimate of drug-likeness (QED) is 0.475. The zero-order chi connectivity index (χ0) is 23.5. The molecule has 8 heteroatoms. The summed E-state index contributed by atoms with van der Waals surface area (Å²) >= 11 is 6.90. The number of hydrogen-bond donors (Lipinski definition) is 1. The van der Waals surface area contributed by atoms with Crippen molar-refractivity contribution in [1.29, 1.82) is 0 Å². The predicted octanol–water partition coefficient (Wildman–Crippen LogP) is 5.48. The highest BCUT2D eigenvalue weighted by molar-refractivity contribution is 8.18. The molecule has 1 aliphatic rings. The Morgan fingerprint density at radius 1 is 1.06 bits per heavy atom. The maximum atomic E-state index is 12.9. The van der Waals surface area contributed by atoms with Crippen molar-refractivity contribution < 1.29 is 14.4 Å². The number of benzene rings is 2. The summed E-state index contributed by atoms with van der Waals surface area (Å²) in [5.74, 6) is -0.972. The van der Waals surface area contributed by atoms with E-state index in [2.05, 4.69) is 22.0 Å². The molecular weight excluding hydrogens is 458 g/mol. The van der Waals surface area contributed by atoms with E-state index in [1.807, 2.05) is 38.1 Å². The number of carbonyl (C=O) groups is 3. The Morgan fingerprint density at radius 3 is 2.48 bits per heavy atom. The molecule has 33 heavy (non-hydrogen) atoms. The summed E-state index contributed by atoms with van der Waals surface area (Å²) in [6, 6.07) is 18.9. The van der Waals surface area contributed by atoms with Crippen LogP contribution in [0.25, 0.3) is 6.08 Å². The van der Waals surface area contributed by atoms with Gasteiger partial charge in [-0.2, -0.15) is 0 Å². The summed E-state index contributed by atoms with van der Waals surface area (Å²) in [6.07, 6.45) is 1.72. The molecule has 6 nitrogen and oxygen atoms in total. The minimum Gasteiger partial charge on any atom is -0.344 e. The van der Waals surface area contributed by atoms with E-state index in [0.717, 1.165) is 40.2 Å². The molecule has 0 radical (unpaired) electrons. The number of nitrogens with one attached hydrogen (secondary N) is 1. The number of carbonyl (C=O) groups excluding carboxylic acids is 3. The molecule has 0 atom stereocenters. The first kappa shape index (κ1) is 22.9. The summed E-state index contributed by atoms with van der Waals surface area (Å²) in [4.78, 5) is 39.0. The Morgan fingerprint density at radius 2 is 1.76 bits per heavy atom. The number of anilines is 1. The van der Waals surface area contributed by atoms with Crippen molar-refractivity contribution in [2.75, 3.05) is 11.9 Å². The van der Waals surface area contributed by atoms with Crippen LogP contribution in [0, 0.1) is 13.8 Å². The number of amides is 3. The fourth-order valence-electron chi connectivity index (χ4n) is 3.66. The number of rotatable bonds is 6. The standard InChI is InChI=1S/C25H22ClN3O3S/c1-16-12-19(17(2)28(16)14-18-8-4-3-5-9-18)13-22-24(31)29(25(32)33-22)15-23(30)27-21-11-7-6-10-20(21)26/h3-13H,14-15H2,1-2H3,(H,27,30)/b22-13+. The van der Waals surface area contributed by atoms with Gasteiger partial charge in [-0.3, -0.25) is 19.3 Å². The van der Waals surface area contributed by atoms with E-state index in [4.69, 9.17) is 11.6 Å². The second kappa shape index (κ2) is 9.68. The minimum absolute atomic E-state index is 0.297. The third-order valence-electron chi connectivity index (χ3n) is 5.41. The molecule has 168 valence electrons. The van der Waals surface area contributed by atoms with Crippen LogP contribution in [0.2, 0.25) is 5.02 Å². The van der Waals surface area contributed by atoms with E-state index in [1.54, 1.807) is 30.3 Å². The van der Waals surface area contributed by atoms with Gasteiger partial charge in [0.25, 0.3) is 11.1 Å². The molecule has 1 aromatic heterocycles. The van der Waals surface area contributed by atoms with Crippen molar-refractivity contribution in [2.45, 2.75) is 20.4 Å². The predicted molar refractivity (Wildman–Crippen MR) is 132 cm³/mol. The van der Waals surface area contributed by atoms with Crippen LogP contribution in [0.4, 0.5) is 10.5 Å². The molecule has 0 spiro atoms. The molecule has 0 saturated carbocycles. The summed E-state index contributed by atoms with van der Waals surface area (Å²) < 4.78 is 2.17. The summed E-state index contributed by atoms with van der Waals surface area (Å²) in [6.45, 7) is 4.34. The Labute approximate surface area is 201 Å². The molecule has 1 aliphatic heterocycles. The van der Waals surface area contributed by atoms with Crippen LogP contribution < -0.4 is 5.32 Å². The van der Waals surface area contributed by atoms with Gasteiger partial charge in [0.1, 0.15) is 6.54 Å². The molecule has 0 aliphatic carbocycles. The molecule has 2 aromatic carbocycles. The molecule has 1 saturated heterocycles. The van der Waals surface area contributed by atoms with E-state index >= 15 is 0 Å². The van der Waals surface area contributed by atoms with Crippen molar-refractivity contribution in [3.05, 3.63) is 93.1 Å². The molecule has 1 fully saturated rings. The lowest BCUT2D eigenvalue weighted by Crippen LogP contribution is -2.36. The third kappa shape index (κ3) is 5.05. The summed E-state index contributed by atoms with van der Waals surface area (Å²) in [5.41, 5.74) is 4.53. The SMILES string of the molecule is Cc1cc(/C=C2/SC(=O)N(CC(=O)Nc3ccccc3Cl)C2=O)c(C)n1Cc1ccccc1. The number of nitrogens with zero attached hydrogens (tertiary/aromatic N) is 2. The minimum atomic E-state index is -0.493. The van der Waals surface area contributed by atoms with Crippen molar-refractivity contribution in [1.82, 2.24) is 9.47 Å². The van der Waals surface area contributed by atoms with Gasteiger partial charge in [0.15, 0.2) is 0 Å². The largest absolute Gasteiger partial charge is 0.344 e. The smallest absolute Gasteiger partial charge is 0.294 e. The first-order valence-electron chi connectivity index (χ1n) is 10.3. The van der Waals surface area contributed by atoms with Gasteiger partial charge in [0.05, 0.1) is 15.6 Å². The Bertz CT molecular complexity index is 1270. The first-order valence-corrected chi connectivity index (χ1v) is 11.5. The number of para-hydroxylation sites is 1. The molecule has 3 aromatic rings. The lowest BCUT2D eigenvalue weighted by atomic mass is 10.2. The van der Waals surface area contributed by atoms with Gasteiger partial charge in [-0.25, -0.2) is 0 Å². The Kier molecular flexibility index (Phi) is 6.72. The van der Waals surface area contributed by atoms with E-state index < -0.39 is 17.1 Å². The highest BCUT2D eigenvalue weighted by Crippen LogP contribution is 2.33. The highest BCUT2D eigenvalue weighted by Gasteiger charge is 2.36. The number of aryl methyl sites for hydroxylation is 1. The van der Waals surface area contributed by atoms with Gasteiger partial charge in [-0.1, -0.05) is 54.1 Å². The monoisotopic (exact) mass is 479 g/mol. The molecule has 4 rings (SSSR count). The zero-order valence-corrected chi connectivity index (χ0v) is 19.7. The van der Waals surface area contributed by atoms with Crippen molar-refractivity contribution >= 4 is 52.2 Å². The van der Waals surface area contributed by atoms with Crippen LogP contribution in [0.3, 0.4) is 0 Å². The average Bonchev–Trinajstić information content (AvgIpc) is 3.20. The van der Waals surface area contributed by atoms with E-state index in [-0.39, 0.29) is 6.54 Å². The number of thioether (sulfide) groups is 1. The van der Waals surface area contributed by atoms with Gasteiger partial charge >= 0.3 is 0 Å². The molecule has 2 heterocycles. The van der Waals surface area contributed by atoms with Crippen molar-refractivity contribution in [3.63, 3.8) is 0 Å². The van der Waals surface area contributed by atoms with Crippen LogP contribution in [0.15, 0.2) is 65.6 Å².